The molecule has 4 atom stereocenters. The zero-order valence-electron chi connectivity index (χ0n) is 18.1. The summed E-state index contributed by atoms with van der Waals surface area (Å²) in [7, 11) is 0. The first-order valence-electron chi connectivity index (χ1n) is 11.1. The van der Waals surface area contributed by atoms with Crippen molar-refractivity contribution < 1.29 is 28.9 Å². The van der Waals surface area contributed by atoms with Crippen LogP contribution in [0.2, 0.25) is 0 Å². The van der Waals surface area contributed by atoms with Crippen molar-refractivity contribution in [3.05, 3.63) is 71.0 Å². The topological polar surface area (TPSA) is 112 Å². The number of nitrogens with zero attached hydrogens (tertiary/aromatic N) is 1. The lowest BCUT2D eigenvalue weighted by atomic mass is 9.78. The van der Waals surface area contributed by atoms with Crippen LogP contribution in [0.15, 0.2) is 48.5 Å². The monoisotopic (exact) mass is 454 g/mol. The van der Waals surface area contributed by atoms with Crippen LogP contribution in [-0.4, -0.2) is 46.1 Å². The van der Waals surface area contributed by atoms with Crippen LogP contribution in [0, 0.1) is 17.1 Å². The second-order valence-corrected chi connectivity index (χ2v) is 8.71. The normalized spacial score (nSPS) is 27.0. The number of nitrogens with one attached hydrogen (secondary N) is 1. The lowest BCUT2D eigenvalue weighted by molar-refractivity contribution is -0.200. The summed E-state index contributed by atoms with van der Waals surface area (Å²) in [5.41, 5.74) is -0.118. The van der Waals surface area contributed by atoms with Crippen molar-refractivity contribution >= 4 is 5.91 Å². The zero-order chi connectivity index (χ0) is 23.4. The van der Waals surface area contributed by atoms with E-state index in [4.69, 9.17) is 9.47 Å². The Morgan fingerprint density at radius 3 is 2.48 bits per heavy atom. The second-order valence-electron chi connectivity index (χ2n) is 8.71. The van der Waals surface area contributed by atoms with Gasteiger partial charge in [-0.05, 0) is 30.5 Å². The van der Waals surface area contributed by atoms with E-state index >= 15 is 0 Å². The van der Waals surface area contributed by atoms with Gasteiger partial charge in [-0.25, -0.2) is 4.39 Å². The molecule has 2 saturated carbocycles. The summed E-state index contributed by atoms with van der Waals surface area (Å²) in [5.74, 6) is -0.824. The molecule has 0 unspecified atom stereocenters. The number of hydrogen-bond donors (Lipinski definition) is 3. The predicted molar refractivity (Wildman–Crippen MR) is 116 cm³/mol. The SMILES string of the molecule is N#Cc1ccccc1CO[C@@]1(C(=O)NC2CC2)C[C@@H](O)[C@@H](O)[C@@H](OCc2ccccc2F)C1. The summed E-state index contributed by atoms with van der Waals surface area (Å²) >= 11 is 0. The van der Waals surface area contributed by atoms with Gasteiger partial charge in [0, 0.05) is 24.4 Å². The molecule has 0 aliphatic heterocycles. The highest BCUT2D eigenvalue weighted by Crippen LogP contribution is 2.37. The summed E-state index contributed by atoms with van der Waals surface area (Å²) in [6, 6.07) is 15.2. The van der Waals surface area contributed by atoms with Crippen molar-refractivity contribution in [3.8, 4) is 6.07 Å². The number of hydrogen-bond acceptors (Lipinski definition) is 6. The number of carbonyl (C=O) groups is 1. The van der Waals surface area contributed by atoms with Crippen LogP contribution in [0.4, 0.5) is 4.39 Å². The van der Waals surface area contributed by atoms with Crippen LogP contribution in [0.1, 0.15) is 42.4 Å². The maximum atomic E-state index is 14.0. The Balaban J connectivity index is 1.55. The Labute approximate surface area is 191 Å². The highest BCUT2D eigenvalue weighted by molar-refractivity contribution is 5.86. The molecule has 4 rings (SSSR count). The van der Waals surface area contributed by atoms with Crippen molar-refractivity contribution in [3.63, 3.8) is 0 Å². The van der Waals surface area contributed by atoms with E-state index < -0.39 is 29.7 Å². The van der Waals surface area contributed by atoms with E-state index in [2.05, 4.69) is 11.4 Å². The lowest BCUT2D eigenvalue weighted by Gasteiger charge is -2.44. The number of carbonyl (C=O) groups excluding carboxylic acids is 1. The molecule has 174 valence electrons. The van der Waals surface area contributed by atoms with Crippen molar-refractivity contribution in [1.29, 1.82) is 5.26 Å². The van der Waals surface area contributed by atoms with Crippen molar-refractivity contribution in [2.45, 2.75) is 68.9 Å². The van der Waals surface area contributed by atoms with Crippen LogP contribution in [0.3, 0.4) is 0 Å². The fourth-order valence-corrected chi connectivity index (χ4v) is 4.09. The summed E-state index contributed by atoms with van der Waals surface area (Å²) in [4.78, 5) is 13.3. The number of halogens is 1. The minimum atomic E-state index is -1.47. The first-order chi connectivity index (χ1) is 15.9. The van der Waals surface area contributed by atoms with E-state index in [0.717, 1.165) is 12.8 Å². The molecule has 8 heteroatoms. The van der Waals surface area contributed by atoms with Gasteiger partial charge in [0.25, 0.3) is 5.91 Å². The Morgan fingerprint density at radius 1 is 1.09 bits per heavy atom. The first-order valence-corrected chi connectivity index (χ1v) is 11.1. The van der Waals surface area contributed by atoms with E-state index in [9.17, 15) is 24.7 Å². The number of benzene rings is 2. The molecule has 0 aromatic heterocycles. The van der Waals surface area contributed by atoms with Crippen LogP contribution in [-0.2, 0) is 27.5 Å². The molecule has 2 aliphatic rings. The Hall–Kier alpha value is -2.83. The third kappa shape index (κ3) is 5.40. The van der Waals surface area contributed by atoms with Crippen LogP contribution in [0.25, 0.3) is 0 Å². The van der Waals surface area contributed by atoms with Gasteiger partial charge < -0.3 is 25.0 Å². The molecule has 2 aromatic rings. The number of rotatable bonds is 8. The van der Waals surface area contributed by atoms with Gasteiger partial charge in [-0.1, -0.05) is 36.4 Å². The molecule has 2 fully saturated rings. The molecule has 2 aliphatic carbocycles. The molecule has 0 radical (unpaired) electrons. The largest absolute Gasteiger partial charge is 0.390 e. The van der Waals surface area contributed by atoms with Crippen LogP contribution >= 0.6 is 0 Å². The molecule has 33 heavy (non-hydrogen) atoms. The van der Waals surface area contributed by atoms with E-state index in [-0.39, 0.29) is 38.0 Å². The van der Waals surface area contributed by atoms with Crippen molar-refractivity contribution in [2.75, 3.05) is 0 Å². The summed E-state index contributed by atoms with van der Waals surface area (Å²) in [6.45, 7) is -0.149. The third-order valence-electron chi connectivity index (χ3n) is 6.22. The van der Waals surface area contributed by atoms with Gasteiger partial charge in [0.05, 0.1) is 37.1 Å². The van der Waals surface area contributed by atoms with Gasteiger partial charge in [0.15, 0.2) is 5.60 Å². The molecule has 0 spiro atoms. The highest BCUT2D eigenvalue weighted by Gasteiger charge is 2.52. The molecule has 3 N–H and O–H groups in total. The van der Waals surface area contributed by atoms with Gasteiger partial charge in [0.2, 0.25) is 0 Å². The number of aliphatic hydroxyl groups excluding tert-OH is 2. The molecule has 0 saturated heterocycles. The van der Waals surface area contributed by atoms with Gasteiger partial charge in [0.1, 0.15) is 11.9 Å². The van der Waals surface area contributed by atoms with Crippen molar-refractivity contribution in [2.24, 2.45) is 0 Å². The molecule has 2 aromatic carbocycles. The van der Waals surface area contributed by atoms with Crippen LogP contribution < -0.4 is 5.32 Å². The number of ether oxygens (including phenoxy) is 2. The third-order valence-corrected chi connectivity index (χ3v) is 6.22. The summed E-state index contributed by atoms with van der Waals surface area (Å²) in [6.07, 6.45) is -1.89. The molecule has 7 nitrogen and oxygen atoms in total. The molecule has 1 amide bonds. The van der Waals surface area contributed by atoms with E-state index in [0.29, 0.717) is 16.7 Å². The van der Waals surface area contributed by atoms with Gasteiger partial charge in [-0.3, -0.25) is 4.79 Å². The van der Waals surface area contributed by atoms with Gasteiger partial charge in [-0.15, -0.1) is 0 Å². The minimum absolute atomic E-state index is 0.0209. The Kier molecular flexibility index (Phi) is 7.05. The Morgan fingerprint density at radius 2 is 1.79 bits per heavy atom. The molecular weight excluding hydrogens is 427 g/mol. The maximum Gasteiger partial charge on any atom is 0.252 e. The first kappa shape index (κ1) is 23.3. The number of amides is 1. The van der Waals surface area contributed by atoms with E-state index in [1.807, 2.05) is 0 Å². The zero-order valence-corrected chi connectivity index (χ0v) is 18.1. The fourth-order valence-electron chi connectivity index (χ4n) is 4.09. The highest BCUT2D eigenvalue weighted by atomic mass is 19.1. The Bertz CT molecular complexity index is 1040. The molecule has 0 bridgehead atoms. The van der Waals surface area contributed by atoms with E-state index in [1.165, 1.54) is 6.07 Å². The minimum Gasteiger partial charge on any atom is -0.390 e. The average Bonchev–Trinajstić information content (AvgIpc) is 3.64. The summed E-state index contributed by atoms with van der Waals surface area (Å²) in [5, 5.41) is 33.5. The van der Waals surface area contributed by atoms with Gasteiger partial charge in [-0.2, -0.15) is 5.26 Å². The quantitative estimate of drug-likeness (QED) is 0.565. The van der Waals surface area contributed by atoms with Crippen LogP contribution in [0.5, 0.6) is 0 Å². The van der Waals surface area contributed by atoms with E-state index in [1.54, 1.807) is 42.5 Å². The maximum absolute atomic E-state index is 14.0. The standard InChI is InChI=1S/C25H27FN2O5/c26-20-8-4-3-7-18(20)14-32-22-12-25(11-21(29)23(22)30,24(31)28-19-9-10-19)33-15-17-6-2-1-5-16(17)13-27/h1-8,19,21-23,29-30H,9-12,14-15H2,(H,28,31)/t21-,22+,23-,25+/m1/s1. The summed E-state index contributed by atoms with van der Waals surface area (Å²) < 4.78 is 25.9. The number of aliphatic hydroxyl groups is 2. The molecule has 0 heterocycles. The van der Waals surface area contributed by atoms with Crippen molar-refractivity contribution in [1.82, 2.24) is 5.32 Å². The molecular formula is C25H27FN2O5. The smallest absolute Gasteiger partial charge is 0.252 e. The lowest BCUT2D eigenvalue weighted by Crippen LogP contribution is -2.61. The van der Waals surface area contributed by atoms with Gasteiger partial charge >= 0.3 is 0 Å². The second kappa shape index (κ2) is 9.98. The predicted octanol–water partition coefficient (Wildman–Crippen LogP) is 2.33. The number of nitriles is 1. The fraction of sp³-hybridized carbons (Fsp3) is 0.440. The average molecular weight is 454 g/mol.